The van der Waals surface area contributed by atoms with Crippen LogP contribution in [0.1, 0.15) is 15.9 Å². The lowest BCUT2D eigenvalue weighted by molar-refractivity contribution is -0.137. The lowest BCUT2D eigenvalue weighted by atomic mass is 10.1. The first-order chi connectivity index (χ1) is 9.79. The summed E-state index contributed by atoms with van der Waals surface area (Å²) in [5, 5.41) is 2.40. The van der Waals surface area contributed by atoms with E-state index >= 15 is 0 Å². The molecule has 1 amide bonds. The van der Waals surface area contributed by atoms with E-state index in [2.05, 4.69) is 21.2 Å². The van der Waals surface area contributed by atoms with Crippen molar-refractivity contribution >= 4 is 27.5 Å². The van der Waals surface area contributed by atoms with E-state index in [0.29, 0.717) is 0 Å². The minimum atomic E-state index is -4.44. The number of hydrogen-bond donors (Lipinski definition) is 1. The maximum atomic E-state index is 13.3. The van der Waals surface area contributed by atoms with E-state index in [4.69, 9.17) is 0 Å². The lowest BCUT2D eigenvalue weighted by Crippen LogP contribution is -2.13. The molecule has 1 N–H and O–H groups in total. The molecule has 0 unspecified atom stereocenters. The van der Waals surface area contributed by atoms with Crippen LogP contribution in [0.3, 0.4) is 0 Å². The highest BCUT2D eigenvalue weighted by Crippen LogP contribution is 2.30. The molecule has 0 aliphatic rings. The molecule has 110 valence electrons. The second kappa shape index (κ2) is 5.85. The first kappa shape index (κ1) is 15.5. The third kappa shape index (κ3) is 3.60. The Balaban J connectivity index is 2.18. The summed E-state index contributed by atoms with van der Waals surface area (Å²) >= 11 is 2.95. The van der Waals surface area contributed by atoms with E-state index in [1.54, 1.807) is 0 Å². The summed E-state index contributed by atoms with van der Waals surface area (Å²) in [6, 6.07) is 7.92. The summed E-state index contributed by atoms with van der Waals surface area (Å²) in [6.45, 7) is 0. The molecule has 0 aliphatic carbocycles. The van der Waals surface area contributed by atoms with Crippen molar-refractivity contribution in [1.29, 1.82) is 0 Å². The van der Waals surface area contributed by atoms with Gasteiger partial charge in [-0.15, -0.1) is 0 Å². The molecule has 0 aromatic heterocycles. The average molecular weight is 362 g/mol. The number of amides is 1. The number of benzene rings is 2. The third-order valence-corrected chi connectivity index (χ3v) is 3.47. The standard InChI is InChI=1S/C14H8BrF4NO/c15-12-10(2-1-3-11(12)16)13(21)20-9-6-4-8(5-7-9)14(17,18)19/h1-7H,(H,20,21). The molecular weight excluding hydrogens is 354 g/mol. The molecule has 21 heavy (non-hydrogen) atoms. The van der Waals surface area contributed by atoms with E-state index in [-0.39, 0.29) is 15.7 Å². The van der Waals surface area contributed by atoms with Gasteiger partial charge in [-0.25, -0.2) is 4.39 Å². The highest BCUT2D eigenvalue weighted by atomic mass is 79.9. The number of alkyl halides is 3. The van der Waals surface area contributed by atoms with Crippen molar-refractivity contribution in [2.45, 2.75) is 6.18 Å². The van der Waals surface area contributed by atoms with Gasteiger partial charge in [0.1, 0.15) is 5.82 Å². The molecule has 0 bridgehead atoms. The van der Waals surface area contributed by atoms with Crippen LogP contribution in [0.4, 0.5) is 23.2 Å². The van der Waals surface area contributed by atoms with Gasteiger partial charge in [0.25, 0.3) is 5.91 Å². The quantitative estimate of drug-likeness (QED) is 0.760. The zero-order valence-corrected chi connectivity index (χ0v) is 11.9. The molecule has 0 aliphatic heterocycles. The van der Waals surface area contributed by atoms with Crippen LogP contribution in [-0.2, 0) is 6.18 Å². The number of nitrogens with one attached hydrogen (secondary N) is 1. The van der Waals surface area contributed by atoms with E-state index in [0.717, 1.165) is 24.3 Å². The second-order valence-electron chi connectivity index (χ2n) is 4.13. The van der Waals surface area contributed by atoms with Gasteiger partial charge in [0.2, 0.25) is 0 Å². The van der Waals surface area contributed by atoms with E-state index in [9.17, 15) is 22.4 Å². The van der Waals surface area contributed by atoms with Gasteiger partial charge in [-0.2, -0.15) is 13.2 Å². The molecule has 0 saturated carbocycles. The summed E-state index contributed by atoms with van der Waals surface area (Å²) in [4.78, 5) is 11.9. The van der Waals surface area contributed by atoms with Crippen LogP contribution in [0.25, 0.3) is 0 Å². The van der Waals surface area contributed by atoms with Crippen molar-refractivity contribution < 1.29 is 22.4 Å². The Hall–Kier alpha value is -1.89. The smallest absolute Gasteiger partial charge is 0.322 e. The number of carbonyl (C=O) groups excluding carboxylic acids is 1. The van der Waals surface area contributed by atoms with Crippen molar-refractivity contribution in [3.8, 4) is 0 Å². The highest BCUT2D eigenvalue weighted by molar-refractivity contribution is 9.10. The molecule has 2 rings (SSSR count). The Bertz CT molecular complexity index is 668. The fraction of sp³-hybridized carbons (Fsp3) is 0.0714. The van der Waals surface area contributed by atoms with Crippen molar-refractivity contribution in [1.82, 2.24) is 0 Å². The molecule has 7 heteroatoms. The van der Waals surface area contributed by atoms with Gasteiger partial charge in [0, 0.05) is 5.69 Å². The minimum Gasteiger partial charge on any atom is -0.322 e. The molecule has 0 spiro atoms. The monoisotopic (exact) mass is 361 g/mol. The van der Waals surface area contributed by atoms with Crippen molar-refractivity contribution in [3.05, 3.63) is 63.9 Å². The first-order valence-corrected chi connectivity index (χ1v) is 6.51. The van der Waals surface area contributed by atoms with E-state index in [1.165, 1.54) is 18.2 Å². The lowest BCUT2D eigenvalue weighted by Gasteiger charge is -2.09. The van der Waals surface area contributed by atoms with Crippen LogP contribution in [0, 0.1) is 5.82 Å². The van der Waals surface area contributed by atoms with Crippen LogP contribution in [0.15, 0.2) is 46.9 Å². The summed E-state index contributed by atoms with van der Waals surface area (Å²) in [5.74, 6) is -1.23. The van der Waals surface area contributed by atoms with Crippen LogP contribution < -0.4 is 5.32 Å². The SMILES string of the molecule is O=C(Nc1ccc(C(F)(F)F)cc1)c1cccc(F)c1Br. The van der Waals surface area contributed by atoms with Gasteiger partial charge >= 0.3 is 6.18 Å². The number of anilines is 1. The zero-order chi connectivity index (χ0) is 15.6. The third-order valence-electron chi connectivity index (χ3n) is 2.67. The maximum Gasteiger partial charge on any atom is 0.416 e. The highest BCUT2D eigenvalue weighted by Gasteiger charge is 2.30. The molecule has 2 aromatic rings. The van der Waals surface area contributed by atoms with Gasteiger partial charge in [-0.05, 0) is 52.3 Å². The Morgan fingerprint density at radius 3 is 2.24 bits per heavy atom. The zero-order valence-electron chi connectivity index (χ0n) is 10.3. The predicted octanol–water partition coefficient (Wildman–Crippen LogP) is 4.86. The fourth-order valence-electron chi connectivity index (χ4n) is 1.62. The van der Waals surface area contributed by atoms with Crippen LogP contribution in [0.5, 0.6) is 0 Å². The first-order valence-electron chi connectivity index (χ1n) is 5.71. The van der Waals surface area contributed by atoms with Gasteiger partial charge in [-0.3, -0.25) is 4.79 Å². The Morgan fingerprint density at radius 1 is 1.05 bits per heavy atom. The summed E-state index contributed by atoms with van der Waals surface area (Å²) < 4.78 is 50.5. The normalized spacial score (nSPS) is 11.3. The summed E-state index contributed by atoms with van der Waals surface area (Å²) in [7, 11) is 0. The molecule has 2 aromatic carbocycles. The molecule has 0 saturated heterocycles. The Morgan fingerprint density at radius 2 is 1.67 bits per heavy atom. The second-order valence-corrected chi connectivity index (χ2v) is 4.92. The molecule has 0 heterocycles. The fourth-order valence-corrected chi connectivity index (χ4v) is 2.06. The number of halogens is 5. The van der Waals surface area contributed by atoms with Gasteiger partial charge < -0.3 is 5.32 Å². The topological polar surface area (TPSA) is 29.1 Å². The average Bonchev–Trinajstić information content (AvgIpc) is 2.41. The number of hydrogen-bond acceptors (Lipinski definition) is 1. The Labute approximate surface area is 125 Å². The molecular formula is C14H8BrF4NO. The summed E-state index contributed by atoms with van der Waals surface area (Å²) in [6.07, 6.45) is -4.44. The molecule has 2 nitrogen and oxygen atoms in total. The van der Waals surface area contributed by atoms with E-state index < -0.39 is 23.5 Å². The minimum absolute atomic E-state index is 0.00517. The van der Waals surface area contributed by atoms with Crippen molar-refractivity contribution in [3.63, 3.8) is 0 Å². The predicted molar refractivity (Wildman–Crippen MR) is 73.5 cm³/mol. The van der Waals surface area contributed by atoms with Crippen LogP contribution in [0.2, 0.25) is 0 Å². The van der Waals surface area contributed by atoms with E-state index in [1.807, 2.05) is 0 Å². The molecule has 0 atom stereocenters. The molecule has 0 radical (unpaired) electrons. The van der Waals surface area contributed by atoms with Gasteiger partial charge in [0.15, 0.2) is 0 Å². The van der Waals surface area contributed by atoms with Crippen LogP contribution >= 0.6 is 15.9 Å². The number of carbonyl (C=O) groups is 1. The van der Waals surface area contributed by atoms with Gasteiger partial charge in [-0.1, -0.05) is 6.07 Å². The van der Waals surface area contributed by atoms with Crippen LogP contribution in [-0.4, -0.2) is 5.91 Å². The van der Waals surface area contributed by atoms with Gasteiger partial charge in [0.05, 0.1) is 15.6 Å². The van der Waals surface area contributed by atoms with Crippen molar-refractivity contribution in [2.75, 3.05) is 5.32 Å². The number of rotatable bonds is 2. The summed E-state index contributed by atoms with van der Waals surface area (Å²) in [5.41, 5.74) is -0.577. The maximum absolute atomic E-state index is 13.3. The Kier molecular flexibility index (Phi) is 4.32. The largest absolute Gasteiger partial charge is 0.416 e. The van der Waals surface area contributed by atoms with Crippen molar-refractivity contribution in [2.24, 2.45) is 0 Å². The molecule has 0 fully saturated rings.